The van der Waals surface area contributed by atoms with Crippen molar-refractivity contribution in [1.29, 1.82) is 0 Å². The van der Waals surface area contributed by atoms with Gasteiger partial charge in [0, 0.05) is 27.7 Å². The molecule has 3 aromatic rings. The molecule has 1 heterocycles. The molecule has 5 nitrogen and oxygen atoms in total. The minimum absolute atomic E-state index is 0.154. The van der Waals surface area contributed by atoms with Crippen molar-refractivity contribution < 1.29 is 13.2 Å². The fourth-order valence-electron chi connectivity index (χ4n) is 3.02. The van der Waals surface area contributed by atoms with Crippen LogP contribution in [0.2, 0.25) is 0 Å². The SMILES string of the molecule is Cc1cccc(NS(=O)(=O)c2ccc3c4c(cccc24)C(=O)N3)c1. The first-order valence-electron chi connectivity index (χ1n) is 7.42. The minimum Gasteiger partial charge on any atom is -0.321 e. The quantitative estimate of drug-likeness (QED) is 0.767. The fraction of sp³-hybridized carbons (Fsp3) is 0.0556. The maximum absolute atomic E-state index is 12.8. The van der Waals surface area contributed by atoms with Gasteiger partial charge in [0.15, 0.2) is 0 Å². The van der Waals surface area contributed by atoms with Crippen molar-refractivity contribution in [3.05, 3.63) is 65.7 Å². The largest absolute Gasteiger partial charge is 0.321 e. The van der Waals surface area contributed by atoms with E-state index in [2.05, 4.69) is 10.0 Å². The number of amides is 1. The number of aryl methyl sites for hydroxylation is 1. The highest BCUT2D eigenvalue weighted by molar-refractivity contribution is 7.93. The lowest BCUT2D eigenvalue weighted by molar-refractivity contribution is 0.103. The lowest BCUT2D eigenvalue weighted by atomic mass is 10.1. The van der Waals surface area contributed by atoms with Gasteiger partial charge in [-0.15, -0.1) is 0 Å². The van der Waals surface area contributed by atoms with Crippen LogP contribution in [0.1, 0.15) is 15.9 Å². The van der Waals surface area contributed by atoms with E-state index in [1.165, 1.54) is 6.07 Å². The minimum atomic E-state index is -3.77. The number of carbonyl (C=O) groups excluding carboxylic acids is 1. The molecule has 2 N–H and O–H groups in total. The molecule has 0 atom stereocenters. The molecular formula is C18H14N2O3S. The molecule has 0 radical (unpaired) electrons. The molecule has 24 heavy (non-hydrogen) atoms. The number of rotatable bonds is 3. The van der Waals surface area contributed by atoms with Crippen LogP contribution in [0, 0.1) is 6.92 Å². The molecule has 1 aliphatic heterocycles. The van der Waals surface area contributed by atoms with E-state index in [1.807, 2.05) is 13.0 Å². The van der Waals surface area contributed by atoms with Crippen molar-refractivity contribution in [2.75, 3.05) is 10.0 Å². The third-order valence-electron chi connectivity index (χ3n) is 4.05. The monoisotopic (exact) mass is 338 g/mol. The van der Waals surface area contributed by atoms with Crippen LogP contribution in [0.3, 0.4) is 0 Å². The van der Waals surface area contributed by atoms with Crippen molar-refractivity contribution in [1.82, 2.24) is 0 Å². The van der Waals surface area contributed by atoms with E-state index in [-0.39, 0.29) is 10.8 Å². The molecule has 1 aliphatic rings. The van der Waals surface area contributed by atoms with E-state index in [0.29, 0.717) is 27.7 Å². The Balaban J connectivity index is 1.88. The summed E-state index contributed by atoms with van der Waals surface area (Å²) >= 11 is 0. The summed E-state index contributed by atoms with van der Waals surface area (Å²) in [6.45, 7) is 1.90. The topological polar surface area (TPSA) is 75.3 Å². The van der Waals surface area contributed by atoms with Gasteiger partial charge in [0.2, 0.25) is 0 Å². The Kier molecular flexibility index (Phi) is 3.11. The average Bonchev–Trinajstić information content (AvgIpc) is 2.85. The maximum Gasteiger partial charge on any atom is 0.262 e. The van der Waals surface area contributed by atoms with Crippen LogP contribution in [0.4, 0.5) is 11.4 Å². The summed E-state index contributed by atoms with van der Waals surface area (Å²) in [6.07, 6.45) is 0. The first-order chi connectivity index (χ1) is 11.5. The summed E-state index contributed by atoms with van der Waals surface area (Å²) < 4.78 is 28.3. The van der Waals surface area contributed by atoms with Gasteiger partial charge in [-0.25, -0.2) is 8.42 Å². The molecule has 1 amide bonds. The van der Waals surface area contributed by atoms with Gasteiger partial charge in [-0.1, -0.05) is 24.3 Å². The van der Waals surface area contributed by atoms with Gasteiger partial charge >= 0.3 is 0 Å². The van der Waals surface area contributed by atoms with Gasteiger partial charge in [0.25, 0.3) is 15.9 Å². The molecule has 0 bridgehead atoms. The zero-order valence-electron chi connectivity index (χ0n) is 12.8. The van der Waals surface area contributed by atoms with Gasteiger partial charge in [-0.2, -0.15) is 0 Å². The van der Waals surface area contributed by atoms with Gasteiger partial charge < -0.3 is 5.32 Å². The van der Waals surface area contributed by atoms with Crippen molar-refractivity contribution in [3.8, 4) is 0 Å². The molecule has 0 spiro atoms. The van der Waals surface area contributed by atoms with Crippen molar-refractivity contribution in [2.45, 2.75) is 11.8 Å². The summed E-state index contributed by atoms with van der Waals surface area (Å²) in [5.41, 5.74) is 2.60. The Bertz CT molecular complexity index is 1100. The molecule has 0 aliphatic carbocycles. The molecule has 120 valence electrons. The highest BCUT2D eigenvalue weighted by atomic mass is 32.2. The second-order valence-electron chi connectivity index (χ2n) is 5.77. The Morgan fingerprint density at radius 3 is 2.58 bits per heavy atom. The van der Waals surface area contributed by atoms with Crippen LogP contribution in [0.15, 0.2) is 59.5 Å². The van der Waals surface area contributed by atoms with Crippen LogP contribution in [-0.4, -0.2) is 14.3 Å². The highest BCUT2D eigenvalue weighted by Crippen LogP contribution is 2.36. The fourth-order valence-corrected chi connectivity index (χ4v) is 4.27. The average molecular weight is 338 g/mol. The molecule has 3 aromatic carbocycles. The van der Waals surface area contributed by atoms with E-state index in [4.69, 9.17) is 0 Å². The maximum atomic E-state index is 12.8. The summed E-state index contributed by atoms with van der Waals surface area (Å²) in [6, 6.07) is 15.4. The molecule has 6 heteroatoms. The Morgan fingerprint density at radius 1 is 1.00 bits per heavy atom. The van der Waals surface area contributed by atoms with Crippen LogP contribution in [-0.2, 0) is 10.0 Å². The van der Waals surface area contributed by atoms with Crippen LogP contribution in [0.25, 0.3) is 10.8 Å². The lowest BCUT2D eigenvalue weighted by Crippen LogP contribution is -2.13. The third kappa shape index (κ3) is 2.23. The summed E-state index contributed by atoms with van der Waals surface area (Å²) in [7, 11) is -3.77. The molecule has 0 fully saturated rings. The predicted octanol–water partition coefficient (Wildman–Crippen LogP) is 3.51. The molecule has 4 rings (SSSR count). The number of hydrogen-bond donors (Lipinski definition) is 2. The molecule has 0 unspecified atom stereocenters. The van der Waals surface area contributed by atoms with Crippen LogP contribution in [0.5, 0.6) is 0 Å². The highest BCUT2D eigenvalue weighted by Gasteiger charge is 2.26. The number of carbonyl (C=O) groups is 1. The van der Waals surface area contributed by atoms with Crippen molar-refractivity contribution in [2.24, 2.45) is 0 Å². The first-order valence-corrected chi connectivity index (χ1v) is 8.90. The standard InChI is InChI=1S/C18H14N2O3S/c1-11-4-2-5-12(10-11)20-24(22,23)16-9-8-15-17-13(16)6-3-7-14(17)18(21)19-15/h2-10,20H,1H3,(H,19,21). The number of sulfonamides is 1. The van der Waals surface area contributed by atoms with Gasteiger partial charge in [-0.3, -0.25) is 9.52 Å². The first kappa shape index (κ1) is 14.7. The van der Waals surface area contributed by atoms with E-state index < -0.39 is 10.0 Å². The van der Waals surface area contributed by atoms with Crippen LogP contribution < -0.4 is 10.0 Å². The Hall–Kier alpha value is -2.86. The molecule has 0 saturated heterocycles. The third-order valence-corrected chi connectivity index (χ3v) is 5.49. The summed E-state index contributed by atoms with van der Waals surface area (Å²) in [4.78, 5) is 12.1. The zero-order valence-corrected chi connectivity index (χ0v) is 13.6. The van der Waals surface area contributed by atoms with Crippen LogP contribution >= 0.6 is 0 Å². The predicted molar refractivity (Wildman–Crippen MR) is 93.9 cm³/mol. The molecule has 0 aromatic heterocycles. The number of nitrogens with one attached hydrogen (secondary N) is 2. The number of benzene rings is 3. The van der Waals surface area contributed by atoms with Crippen molar-refractivity contribution in [3.63, 3.8) is 0 Å². The Morgan fingerprint density at radius 2 is 1.79 bits per heavy atom. The summed E-state index contributed by atoms with van der Waals surface area (Å²) in [5, 5.41) is 3.93. The summed E-state index contributed by atoms with van der Waals surface area (Å²) in [5.74, 6) is -0.211. The molecular weight excluding hydrogens is 324 g/mol. The van der Waals surface area contributed by atoms with E-state index in [9.17, 15) is 13.2 Å². The molecule has 0 saturated carbocycles. The van der Waals surface area contributed by atoms with Crippen molar-refractivity contribution >= 4 is 38.1 Å². The number of hydrogen-bond acceptors (Lipinski definition) is 3. The zero-order chi connectivity index (χ0) is 16.9. The lowest BCUT2D eigenvalue weighted by Gasteiger charge is -2.11. The van der Waals surface area contributed by atoms with E-state index in [0.717, 1.165) is 5.56 Å². The smallest absolute Gasteiger partial charge is 0.262 e. The second kappa shape index (κ2) is 5.07. The van der Waals surface area contributed by atoms with E-state index >= 15 is 0 Å². The van der Waals surface area contributed by atoms with Gasteiger partial charge in [0.05, 0.1) is 4.90 Å². The van der Waals surface area contributed by atoms with Gasteiger partial charge in [0.1, 0.15) is 0 Å². The Labute approximate surface area is 139 Å². The number of anilines is 2. The second-order valence-corrected chi connectivity index (χ2v) is 7.42. The normalized spacial score (nSPS) is 13.1. The van der Waals surface area contributed by atoms with Gasteiger partial charge in [-0.05, 0) is 42.8 Å². The van der Waals surface area contributed by atoms with E-state index in [1.54, 1.807) is 42.5 Å².